The van der Waals surface area contributed by atoms with Crippen LogP contribution in [0.2, 0.25) is 0 Å². The first kappa shape index (κ1) is 15.3. The second-order valence-corrected chi connectivity index (χ2v) is 4.86. The monoisotopic (exact) mass is 286 g/mol. The van der Waals surface area contributed by atoms with E-state index in [1.807, 2.05) is 19.1 Å². The van der Waals surface area contributed by atoms with Gasteiger partial charge in [-0.1, -0.05) is 32.4 Å². The Morgan fingerprint density at radius 1 is 1.14 bits per heavy atom. The molecule has 5 heteroatoms. The van der Waals surface area contributed by atoms with Gasteiger partial charge in [0.2, 0.25) is 5.88 Å². The maximum atomic E-state index is 5.78. The number of nitrogens with zero attached hydrogens (tertiary/aromatic N) is 2. The van der Waals surface area contributed by atoms with Gasteiger partial charge >= 0.3 is 0 Å². The van der Waals surface area contributed by atoms with Crippen LogP contribution in [-0.4, -0.2) is 9.97 Å². The summed E-state index contributed by atoms with van der Waals surface area (Å²) in [5, 5.41) is 0. The largest absolute Gasteiger partial charge is 0.439 e. The van der Waals surface area contributed by atoms with Gasteiger partial charge in [-0.3, -0.25) is 0 Å². The molecule has 1 heterocycles. The van der Waals surface area contributed by atoms with Crippen LogP contribution in [0.5, 0.6) is 11.6 Å². The molecule has 2 aromatic rings. The van der Waals surface area contributed by atoms with Crippen LogP contribution >= 0.6 is 0 Å². The molecule has 1 aromatic heterocycles. The van der Waals surface area contributed by atoms with Crippen LogP contribution in [-0.2, 0) is 12.8 Å². The fourth-order valence-electron chi connectivity index (χ4n) is 1.98. The number of benzene rings is 1. The van der Waals surface area contributed by atoms with E-state index >= 15 is 0 Å². The Morgan fingerprint density at radius 2 is 1.90 bits per heavy atom. The molecule has 112 valence electrons. The van der Waals surface area contributed by atoms with E-state index in [0.29, 0.717) is 17.5 Å². The van der Waals surface area contributed by atoms with Crippen LogP contribution in [0.15, 0.2) is 30.3 Å². The lowest BCUT2D eigenvalue weighted by Crippen LogP contribution is -2.10. The molecule has 21 heavy (non-hydrogen) atoms. The molecule has 0 aliphatic carbocycles. The fraction of sp³-hybridized carbons (Fsp3) is 0.375. The van der Waals surface area contributed by atoms with Crippen LogP contribution in [0.1, 0.15) is 38.1 Å². The Balaban J connectivity index is 2.10. The highest BCUT2D eigenvalue weighted by molar-refractivity contribution is 5.39. The maximum absolute atomic E-state index is 5.78. The molecule has 0 amide bonds. The van der Waals surface area contributed by atoms with Crippen molar-refractivity contribution >= 4 is 5.82 Å². The number of nitrogen functional groups attached to an aromatic ring is 1. The zero-order valence-corrected chi connectivity index (χ0v) is 12.6. The minimum atomic E-state index is 0.496. The second kappa shape index (κ2) is 7.59. The SMILES string of the molecule is CCCCc1ccc(Oc2cc(NN)nc(CC)n2)cc1. The van der Waals surface area contributed by atoms with Crippen molar-refractivity contribution < 1.29 is 4.74 Å². The predicted octanol–water partition coefficient (Wildman–Crippen LogP) is 3.46. The molecule has 0 unspecified atom stereocenters. The van der Waals surface area contributed by atoms with Gasteiger partial charge in [-0.05, 0) is 30.5 Å². The number of aryl methyl sites for hydroxylation is 2. The van der Waals surface area contributed by atoms with Gasteiger partial charge in [0.1, 0.15) is 17.4 Å². The van der Waals surface area contributed by atoms with Crippen molar-refractivity contribution in [2.24, 2.45) is 5.84 Å². The molecule has 0 spiro atoms. The molecule has 2 rings (SSSR count). The highest BCUT2D eigenvalue weighted by Crippen LogP contribution is 2.22. The molecule has 0 saturated carbocycles. The standard InChI is InChI=1S/C16H22N4O/c1-3-5-6-12-7-9-13(10-8-12)21-16-11-15(20-17)18-14(4-2)19-16/h7-11H,3-6,17H2,1-2H3,(H,18,19,20). The molecule has 0 aliphatic heterocycles. The van der Waals surface area contributed by atoms with Gasteiger partial charge in [-0.2, -0.15) is 4.98 Å². The first-order chi connectivity index (χ1) is 10.2. The summed E-state index contributed by atoms with van der Waals surface area (Å²) < 4.78 is 5.78. The third-order valence-electron chi connectivity index (χ3n) is 3.18. The summed E-state index contributed by atoms with van der Waals surface area (Å²) in [6.45, 7) is 4.18. The lowest BCUT2D eigenvalue weighted by Gasteiger charge is -2.09. The number of unbranched alkanes of at least 4 members (excludes halogenated alkanes) is 1. The van der Waals surface area contributed by atoms with Crippen molar-refractivity contribution in [1.29, 1.82) is 0 Å². The summed E-state index contributed by atoms with van der Waals surface area (Å²) in [7, 11) is 0. The van der Waals surface area contributed by atoms with Crippen LogP contribution in [0.25, 0.3) is 0 Å². The summed E-state index contributed by atoms with van der Waals surface area (Å²) >= 11 is 0. The molecule has 5 nitrogen and oxygen atoms in total. The minimum Gasteiger partial charge on any atom is -0.439 e. The number of aromatic nitrogens is 2. The molecular weight excluding hydrogens is 264 g/mol. The summed E-state index contributed by atoms with van der Waals surface area (Å²) in [5.74, 6) is 7.91. The van der Waals surface area contributed by atoms with Crippen molar-refractivity contribution in [2.45, 2.75) is 39.5 Å². The van der Waals surface area contributed by atoms with Gasteiger partial charge < -0.3 is 10.2 Å². The van der Waals surface area contributed by atoms with Crippen LogP contribution in [0.4, 0.5) is 5.82 Å². The van der Waals surface area contributed by atoms with Gasteiger partial charge in [-0.15, -0.1) is 0 Å². The average molecular weight is 286 g/mol. The quantitative estimate of drug-likeness (QED) is 0.602. The van der Waals surface area contributed by atoms with E-state index in [2.05, 4.69) is 34.5 Å². The van der Waals surface area contributed by atoms with Gasteiger partial charge in [0.25, 0.3) is 0 Å². The molecule has 0 saturated heterocycles. The smallest absolute Gasteiger partial charge is 0.224 e. The third-order valence-corrected chi connectivity index (χ3v) is 3.18. The Morgan fingerprint density at radius 3 is 2.52 bits per heavy atom. The van der Waals surface area contributed by atoms with Crippen molar-refractivity contribution in [3.05, 3.63) is 41.7 Å². The fourth-order valence-corrected chi connectivity index (χ4v) is 1.98. The number of anilines is 1. The number of nitrogens with two attached hydrogens (primary N) is 1. The lowest BCUT2D eigenvalue weighted by molar-refractivity contribution is 0.459. The number of hydrogen-bond acceptors (Lipinski definition) is 5. The first-order valence-electron chi connectivity index (χ1n) is 7.36. The molecule has 0 bridgehead atoms. The number of nitrogens with one attached hydrogen (secondary N) is 1. The Kier molecular flexibility index (Phi) is 5.51. The number of ether oxygens (including phenoxy) is 1. The van der Waals surface area contributed by atoms with Crippen LogP contribution in [0.3, 0.4) is 0 Å². The Bertz CT molecular complexity index is 547. The highest BCUT2D eigenvalue weighted by atomic mass is 16.5. The zero-order chi connectivity index (χ0) is 15.1. The Labute approximate surface area is 125 Å². The van der Waals surface area contributed by atoms with Gasteiger partial charge in [-0.25, -0.2) is 10.8 Å². The van der Waals surface area contributed by atoms with Crippen LogP contribution < -0.4 is 16.0 Å². The topological polar surface area (TPSA) is 73.1 Å². The summed E-state index contributed by atoms with van der Waals surface area (Å²) in [6, 6.07) is 9.80. The molecular formula is C16H22N4O. The lowest BCUT2D eigenvalue weighted by atomic mass is 10.1. The maximum Gasteiger partial charge on any atom is 0.224 e. The summed E-state index contributed by atoms with van der Waals surface area (Å²) in [6.07, 6.45) is 4.23. The van der Waals surface area contributed by atoms with E-state index in [-0.39, 0.29) is 0 Å². The third kappa shape index (κ3) is 4.43. The van der Waals surface area contributed by atoms with E-state index < -0.39 is 0 Å². The van der Waals surface area contributed by atoms with E-state index in [1.54, 1.807) is 6.07 Å². The van der Waals surface area contributed by atoms with E-state index in [9.17, 15) is 0 Å². The molecule has 0 radical (unpaired) electrons. The molecule has 0 aliphatic rings. The van der Waals surface area contributed by atoms with E-state index in [1.165, 1.54) is 18.4 Å². The normalized spacial score (nSPS) is 10.4. The number of hydrogen-bond donors (Lipinski definition) is 2. The van der Waals surface area contributed by atoms with Crippen molar-refractivity contribution in [3.63, 3.8) is 0 Å². The zero-order valence-electron chi connectivity index (χ0n) is 12.6. The van der Waals surface area contributed by atoms with Crippen molar-refractivity contribution in [1.82, 2.24) is 9.97 Å². The van der Waals surface area contributed by atoms with Crippen molar-refractivity contribution in [2.75, 3.05) is 5.43 Å². The van der Waals surface area contributed by atoms with E-state index in [4.69, 9.17) is 10.6 Å². The van der Waals surface area contributed by atoms with Gasteiger partial charge in [0.05, 0.1) is 0 Å². The molecule has 0 fully saturated rings. The Hall–Kier alpha value is -2.14. The first-order valence-corrected chi connectivity index (χ1v) is 7.36. The summed E-state index contributed by atoms with van der Waals surface area (Å²) in [4.78, 5) is 8.57. The van der Waals surface area contributed by atoms with Gasteiger partial charge in [0, 0.05) is 12.5 Å². The minimum absolute atomic E-state index is 0.496. The number of hydrazine groups is 1. The van der Waals surface area contributed by atoms with Gasteiger partial charge in [0.15, 0.2) is 0 Å². The van der Waals surface area contributed by atoms with Crippen molar-refractivity contribution in [3.8, 4) is 11.6 Å². The molecule has 1 aromatic carbocycles. The number of rotatable bonds is 7. The summed E-state index contributed by atoms with van der Waals surface area (Å²) in [5.41, 5.74) is 3.85. The molecule has 3 N–H and O–H groups in total. The highest BCUT2D eigenvalue weighted by Gasteiger charge is 2.05. The average Bonchev–Trinajstić information content (AvgIpc) is 2.53. The van der Waals surface area contributed by atoms with E-state index in [0.717, 1.165) is 18.6 Å². The molecule has 0 atom stereocenters. The predicted molar refractivity (Wildman–Crippen MR) is 84.3 cm³/mol. The second-order valence-electron chi connectivity index (χ2n) is 4.86. The van der Waals surface area contributed by atoms with Crippen LogP contribution in [0, 0.1) is 0 Å².